The summed E-state index contributed by atoms with van der Waals surface area (Å²) in [5.41, 5.74) is 4.10. The Kier molecular flexibility index (Phi) is 3.06. The van der Waals surface area contributed by atoms with E-state index in [0.717, 1.165) is 23.2 Å². The van der Waals surface area contributed by atoms with Crippen LogP contribution in [0.25, 0.3) is 11.3 Å². The van der Waals surface area contributed by atoms with Crippen LogP contribution in [0.3, 0.4) is 0 Å². The molecule has 0 amide bonds. The first-order valence-corrected chi connectivity index (χ1v) is 5.47. The van der Waals surface area contributed by atoms with Crippen LogP contribution < -0.4 is 0 Å². The molecule has 3 heteroatoms. The number of aliphatic hydroxyl groups is 1. The van der Waals surface area contributed by atoms with Crippen LogP contribution in [0.4, 0.5) is 0 Å². The molecule has 0 aliphatic carbocycles. The summed E-state index contributed by atoms with van der Waals surface area (Å²) in [5.74, 6) is 0. The van der Waals surface area contributed by atoms with Crippen molar-refractivity contribution in [1.29, 1.82) is 0 Å². The zero-order valence-electron chi connectivity index (χ0n) is 9.64. The molecule has 1 aromatic heterocycles. The van der Waals surface area contributed by atoms with E-state index in [1.807, 2.05) is 13.2 Å². The zero-order valence-corrected chi connectivity index (χ0v) is 9.64. The molecule has 0 radical (unpaired) electrons. The largest absolute Gasteiger partial charge is 0.392 e. The summed E-state index contributed by atoms with van der Waals surface area (Å²) in [4.78, 5) is 0. The average molecular weight is 216 g/mol. The molecule has 0 bridgehead atoms. The van der Waals surface area contributed by atoms with Gasteiger partial charge in [0.25, 0.3) is 0 Å². The van der Waals surface area contributed by atoms with Crippen molar-refractivity contribution in [3.05, 3.63) is 41.6 Å². The highest BCUT2D eigenvalue weighted by molar-refractivity contribution is 5.62. The van der Waals surface area contributed by atoms with E-state index in [0.29, 0.717) is 0 Å². The minimum Gasteiger partial charge on any atom is -0.392 e. The molecule has 0 aliphatic heterocycles. The molecule has 1 N–H and O–H groups in total. The van der Waals surface area contributed by atoms with Crippen molar-refractivity contribution in [2.24, 2.45) is 7.05 Å². The monoisotopic (exact) mass is 216 g/mol. The van der Waals surface area contributed by atoms with Crippen LogP contribution in [0.15, 0.2) is 30.5 Å². The number of hydrogen-bond donors (Lipinski definition) is 1. The molecule has 1 aromatic carbocycles. The number of aryl methyl sites for hydroxylation is 2. The number of aliphatic hydroxyl groups excluding tert-OH is 1. The van der Waals surface area contributed by atoms with E-state index in [1.54, 1.807) is 4.68 Å². The zero-order chi connectivity index (χ0) is 11.5. The summed E-state index contributed by atoms with van der Waals surface area (Å²) < 4.78 is 1.73. The van der Waals surface area contributed by atoms with E-state index in [2.05, 4.69) is 36.3 Å². The Labute approximate surface area is 95.3 Å². The van der Waals surface area contributed by atoms with Gasteiger partial charge < -0.3 is 5.11 Å². The first kappa shape index (κ1) is 10.9. The molecule has 0 unspecified atom stereocenters. The van der Waals surface area contributed by atoms with Gasteiger partial charge in [-0.3, -0.25) is 4.68 Å². The van der Waals surface area contributed by atoms with Gasteiger partial charge in [0.1, 0.15) is 0 Å². The summed E-state index contributed by atoms with van der Waals surface area (Å²) in [6, 6.07) is 8.32. The molecule has 3 nitrogen and oxygen atoms in total. The number of aromatic nitrogens is 2. The molecular formula is C13H16N2O. The number of hydrogen-bond acceptors (Lipinski definition) is 2. The van der Waals surface area contributed by atoms with Crippen LogP contribution in [0, 0.1) is 0 Å². The molecule has 84 valence electrons. The van der Waals surface area contributed by atoms with Gasteiger partial charge in [-0.15, -0.1) is 0 Å². The van der Waals surface area contributed by atoms with Crippen molar-refractivity contribution in [2.45, 2.75) is 20.0 Å². The molecule has 0 aliphatic rings. The number of nitrogens with zero attached hydrogens (tertiary/aromatic N) is 2. The minimum absolute atomic E-state index is 0.0265. The van der Waals surface area contributed by atoms with Gasteiger partial charge in [0.05, 0.1) is 12.3 Å². The van der Waals surface area contributed by atoms with Gasteiger partial charge in [-0.2, -0.15) is 5.10 Å². The highest BCUT2D eigenvalue weighted by Gasteiger charge is 2.08. The fourth-order valence-corrected chi connectivity index (χ4v) is 1.79. The predicted molar refractivity (Wildman–Crippen MR) is 63.9 cm³/mol. The number of rotatable bonds is 3. The van der Waals surface area contributed by atoms with Crippen molar-refractivity contribution >= 4 is 0 Å². The van der Waals surface area contributed by atoms with Gasteiger partial charge in [0.15, 0.2) is 0 Å². The van der Waals surface area contributed by atoms with E-state index in [1.165, 1.54) is 5.56 Å². The Hall–Kier alpha value is -1.61. The molecule has 2 rings (SSSR count). The SMILES string of the molecule is CCc1ccc(-c2nn(C)cc2CO)cc1. The van der Waals surface area contributed by atoms with Crippen LogP contribution >= 0.6 is 0 Å². The first-order valence-electron chi connectivity index (χ1n) is 5.47. The summed E-state index contributed by atoms with van der Waals surface area (Å²) in [5, 5.41) is 13.6. The van der Waals surface area contributed by atoms with Crippen molar-refractivity contribution in [1.82, 2.24) is 9.78 Å². The summed E-state index contributed by atoms with van der Waals surface area (Å²) >= 11 is 0. The lowest BCUT2D eigenvalue weighted by atomic mass is 10.1. The molecular weight excluding hydrogens is 200 g/mol. The van der Waals surface area contributed by atoms with Crippen molar-refractivity contribution in [3.63, 3.8) is 0 Å². The van der Waals surface area contributed by atoms with Crippen LogP contribution in [-0.4, -0.2) is 14.9 Å². The Morgan fingerprint density at radius 1 is 1.25 bits per heavy atom. The second kappa shape index (κ2) is 4.49. The summed E-state index contributed by atoms with van der Waals surface area (Å²) in [6.45, 7) is 2.16. The standard InChI is InChI=1S/C13H16N2O/c1-3-10-4-6-11(7-5-10)13-12(9-16)8-15(2)14-13/h4-8,16H,3,9H2,1-2H3. The predicted octanol–water partition coefficient (Wildman–Crippen LogP) is 2.14. The fraction of sp³-hybridized carbons (Fsp3) is 0.308. The van der Waals surface area contributed by atoms with Crippen molar-refractivity contribution in [3.8, 4) is 11.3 Å². The quantitative estimate of drug-likeness (QED) is 0.853. The molecule has 2 aromatic rings. The lowest BCUT2D eigenvalue weighted by Gasteiger charge is -2.01. The fourth-order valence-electron chi connectivity index (χ4n) is 1.79. The first-order chi connectivity index (χ1) is 7.74. The van der Waals surface area contributed by atoms with Crippen LogP contribution in [0.5, 0.6) is 0 Å². The molecule has 1 heterocycles. The van der Waals surface area contributed by atoms with Gasteiger partial charge in [0.2, 0.25) is 0 Å². The smallest absolute Gasteiger partial charge is 0.0978 e. The molecule has 0 fully saturated rings. The van der Waals surface area contributed by atoms with Crippen LogP contribution in [-0.2, 0) is 20.1 Å². The minimum atomic E-state index is 0.0265. The van der Waals surface area contributed by atoms with Crippen molar-refractivity contribution < 1.29 is 5.11 Å². The maximum Gasteiger partial charge on any atom is 0.0978 e. The molecule has 0 spiro atoms. The maximum atomic E-state index is 9.24. The normalized spacial score (nSPS) is 10.7. The Morgan fingerprint density at radius 2 is 1.94 bits per heavy atom. The highest BCUT2D eigenvalue weighted by Crippen LogP contribution is 2.22. The highest BCUT2D eigenvalue weighted by atomic mass is 16.3. The van der Waals surface area contributed by atoms with E-state index >= 15 is 0 Å². The topological polar surface area (TPSA) is 38.0 Å². The molecule has 16 heavy (non-hydrogen) atoms. The molecule has 0 atom stereocenters. The third-order valence-corrected chi connectivity index (χ3v) is 2.71. The molecule has 0 saturated heterocycles. The van der Waals surface area contributed by atoms with Gasteiger partial charge in [-0.25, -0.2) is 0 Å². The average Bonchev–Trinajstić information content (AvgIpc) is 2.70. The van der Waals surface area contributed by atoms with Crippen molar-refractivity contribution in [2.75, 3.05) is 0 Å². The third-order valence-electron chi connectivity index (χ3n) is 2.71. The van der Waals surface area contributed by atoms with Gasteiger partial charge in [0, 0.05) is 24.4 Å². The second-order valence-electron chi connectivity index (χ2n) is 3.89. The number of benzene rings is 1. The summed E-state index contributed by atoms with van der Waals surface area (Å²) in [6.07, 6.45) is 2.89. The van der Waals surface area contributed by atoms with E-state index in [9.17, 15) is 5.11 Å². The lowest BCUT2D eigenvalue weighted by molar-refractivity contribution is 0.282. The summed E-state index contributed by atoms with van der Waals surface area (Å²) in [7, 11) is 1.86. The van der Waals surface area contributed by atoms with Gasteiger partial charge in [-0.1, -0.05) is 31.2 Å². The van der Waals surface area contributed by atoms with Crippen LogP contribution in [0.1, 0.15) is 18.1 Å². The van der Waals surface area contributed by atoms with E-state index in [4.69, 9.17) is 0 Å². The second-order valence-corrected chi connectivity index (χ2v) is 3.89. The van der Waals surface area contributed by atoms with Crippen LogP contribution in [0.2, 0.25) is 0 Å². The Balaban J connectivity index is 2.41. The Bertz CT molecular complexity index is 471. The van der Waals surface area contributed by atoms with E-state index in [-0.39, 0.29) is 6.61 Å². The van der Waals surface area contributed by atoms with Gasteiger partial charge >= 0.3 is 0 Å². The lowest BCUT2D eigenvalue weighted by Crippen LogP contribution is -1.89. The Morgan fingerprint density at radius 3 is 2.50 bits per heavy atom. The maximum absolute atomic E-state index is 9.24. The van der Waals surface area contributed by atoms with E-state index < -0.39 is 0 Å². The van der Waals surface area contributed by atoms with Gasteiger partial charge in [-0.05, 0) is 12.0 Å². The third kappa shape index (κ3) is 1.99. The molecule has 0 saturated carbocycles.